The van der Waals surface area contributed by atoms with E-state index in [1.165, 1.54) is 6.92 Å². The van der Waals surface area contributed by atoms with E-state index in [0.29, 0.717) is 6.61 Å². The van der Waals surface area contributed by atoms with E-state index in [1.54, 1.807) is 26.2 Å². The molecule has 3 rings (SSSR count). The number of hydrogen-bond donors (Lipinski definition) is 4. The van der Waals surface area contributed by atoms with Crippen molar-refractivity contribution in [1.29, 1.82) is 0 Å². The molecule has 3 aliphatic heterocycles. The van der Waals surface area contributed by atoms with Crippen LogP contribution < -0.4 is 5.32 Å². The summed E-state index contributed by atoms with van der Waals surface area (Å²) >= 11 is 0. The van der Waals surface area contributed by atoms with Crippen molar-refractivity contribution in [1.82, 2.24) is 5.32 Å². The van der Waals surface area contributed by atoms with Crippen LogP contribution in [0.5, 0.6) is 0 Å². The fourth-order valence-electron chi connectivity index (χ4n) is 6.28. The Morgan fingerprint density at radius 2 is 1.93 bits per heavy atom. The predicted molar refractivity (Wildman–Crippen MR) is 171 cm³/mol. The number of nitrogens with one attached hydrogen (secondary N) is 1. The molecule has 2 saturated heterocycles. The molecule has 12 heteroatoms. The molecule has 0 aromatic heterocycles. The summed E-state index contributed by atoms with van der Waals surface area (Å²) in [6.45, 7) is 14.0. The second-order valence-corrected chi connectivity index (χ2v) is 12.9. The summed E-state index contributed by atoms with van der Waals surface area (Å²) in [5.74, 6) is -1.10. The summed E-state index contributed by atoms with van der Waals surface area (Å²) < 4.78 is 29.4. The fourth-order valence-corrected chi connectivity index (χ4v) is 6.28. The minimum Gasteiger partial charge on any atom is -0.483 e. The van der Waals surface area contributed by atoms with Gasteiger partial charge in [0.25, 0.3) is 6.47 Å². The molecular weight excluding hydrogens is 598 g/mol. The van der Waals surface area contributed by atoms with Crippen molar-refractivity contribution < 1.29 is 53.4 Å². The van der Waals surface area contributed by atoms with E-state index in [1.807, 2.05) is 39.0 Å². The van der Waals surface area contributed by atoms with Crippen LogP contribution in [0.2, 0.25) is 0 Å². The maximum absolute atomic E-state index is 12.8. The molecule has 0 amide bonds. The summed E-state index contributed by atoms with van der Waals surface area (Å²) in [5.41, 5.74) is -1.25. The Bertz CT molecular complexity index is 1080. The Balaban J connectivity index is 0.00000236. The first kappa shape index (κ1) is 39.6. The number of carboxylic acid groups (broad SMARTS) is 1. The van der Waals surface area contributed by atoms with E-state index in [4.69, 9.17) is 33.6 Å². The Kier molecular flexibility index (Phi) is 15.5. The second kappa shape index (κ2) is 18.1. The number of cyclic esters (lactones) is 1. The van der Waals surface area contributed by atoms with Gasteiger partial charge in [-0.25, -0.2) is 0 Å². The van der Waals surface area contributed by atoms with Crippen molar-refractivity contribution in [3.8, 4) is 0 Å². The molecule has 3 heterocycles. The molecule has 0 bridgehead atoms. The average molecular weight is 654 g/mol. The second-order valence-electron chi connectivity index (χ2n) is 12.9. The predicted octanol–water partition coefficient (Wildman–Crippen LogP) is 3.10. The number of methoxy groups -OCH3 is 1. The molecule has 12 nitrogen and oxygen atoms in total. The van der Waals surface area contributed by atoms with E-state index in [2.05, 4.69) is 19.2 Å². The van der Waals surface area contributed by atoms with Crippen LogP contribution in [0.15, 0.2) is 36.0 Å². The highest BCUT2D eigenvalue weighted by atomic mass is 16.6. The lowest BCUT2D eigenvalue weighted by Gasteiger charge is -2.39. The van der Waals surface area contributed by atoms with Gasteiger partial charge >= 0.3 is 11.9 Å². The first-order valence-electron chi connectivity index (χ1n) is 16.1. The van der Waals surface area contributed by atoms with Crippen LogP contribution in [0.4, 0.5) is 0 Å². The molecule has 4 N–H and O–H groups in total. The third-order valence-corrected chi connectivity index (χ3v) is 9.05. The van der Waals surface area contributed by atoms with Gasteiger partial charge in [-0.2, -0.15) is 0 Å². The van der Waals surface area contributed by atoms with Gasteiger partial charge in [-0.1, -0.05) is 45.1 Å². The smallest absolute Gasteiger partial charge is 0.309 e. The lowest BCUT2D eigenvalue weighted by atomic mass is 9.86. The fraction of sp³-hybridized carbons (Fsp3) is 0.735. The molecule has 2 unspecified atom stereocenters. The van der Waals surface area contributed by atoms with Gasteiger partial charge in [0.15, 0.2) is 0 Å². The summed E-state index contributed by atoms with van der Waals surface area (Å²) in [6.07, 6.45) is 7.93. The van der Waals surface area contributed by atoms with Crippen LogP contribution >= 0.6 is 0 Å². The maximum atomic E-state index is 12.8. The topological polar surface area (TPSA) is 173 Å². The Hall–Kier alpha value is -2.61. The number of morpholine rings is 1. The summed E-state index contributed by atoms with van der Waals surface area (Å²) in [4.78, 5) is 32.9. The Morgan fingerprint density at radius 3 is 2.54 bits per heavy atom. The van der Waals surface area contributed by atoms with Gasteiger partial charge in [-0.3, -0.25) is 14.4 Å². The minimum atomic E-state index is -1.42. The number of rotatable bonds is 9. The number of carbonyl (C=O) groups excluding carboxylic acids is 2. The number of hydrogen-bond acceptors (Lipinski definition) is 11. The number of esters is 2. The number of carbonyl (C=O) groups is 3. The van der Waals surface area contributed by atoms with Gasteiger partial charge in [0, 0.05) is 32.4 Å². The summed E-state index contributed by atoms with van der Waals surface area (Å²) in [5, 5.41) is 32.0. The first-order valence-corrected chi connectivity index (χ1v) is 16.1. The van der Waals surface area contributed by atoms with Gasteiger partial charge in [0.2, 0.25) is 0 Å². The zero-order chi connectivity index (χ0) is 34.7. The highest BCUT2D eigenvalue weighted by Crippen LogP contribution is 2.40. The normalized spacial score (nSPS) is 37.7. The molecular formula is C34H55NO11. The lowest BCUT2D eigenvalue weighted by molar-refractivity contribution is -0.157. The van der Waals surface area contributed by atoms with Gasteiger partial charge in [0.05, 0.1) is 37.4 Å². The largest absolute Gasteiger partial charge is 0.483 e. The highest BCUT2D eigenvalue weighted by molar-refractivity contribution is 5.70. The van der Waals surface area contributed by atoms with E-state index >= 15 is 0 Å². The van der Waals surface area contributed by atoms with Gasteiger partial charge in [0.1, 0.15) is 29.5 Å². The van der Waals surface area contributed by atoms with E-state index in [9.17, 15) is 19.8 Å². The molecule has 0 aliphatic carbocycles. The van der Waals surface area contributed by atoms with Gasteiger partial charge < -0.3 is 44.3 Å². The minimum absolute atomic E-state index is 0.00505. The average Bonchev–Trinajstić information content (AvgIpc) is 3.78. The molecule has 2 fully saturated rings. The van der Waals surface area contributed by atoms with Crippen LogP contribution in [0.25, 0.3) is 0 Å². The first-order chi connectivity index (χ1) is 21.6. The SMILES string of the molecule is CC[C@H](OC)[C@@H](C)[C@H]1O[C@@H]1C1NCCOC1(C)/C=C/C=C(\C)[C@H]1OC(=O)C[C@H](O)CC[C@@](C)(O)[C@@H](OC(C)=O)/C=C/[C@@H]1C.O=CO. The molecule has 0 aromatic rings. The van der Waals surface area contributed by atoms with Crippen molar-refractivity contribution in [2.75, 3.05) is 20.3 Å². The summed E-state index contributed by atoms with van der Waals surface area (Å²) in [7, 11) is 1.74. The number of allylic oxidation sites excluding steroid dienone is 2. The van der Waals surface area contributed by atoms with Crippen molar-refractivity contribution >= 4 is 18.4 Å². The number of aliphatic hydroxyl groups excluding tert-OH is 1. The van der Waals surface area contributed by atoms with Crippen LogP contribution in [0, 0.1) is 11.8 Å². The van der Waals surface area contributed by atoms with Crippen LogP contribution in [-0.4, -0.2) is 108 Å². The lowest BCUT2D eigenvalue weighted by Crippen LogP contribution is -2.58. The molecule has 0 spiro atoms. The van der Waals surface area contributed by atoms with Crippen molar-refractivity contribution in [2.45, 2.75) is 128 Å². The zero-order valence-corrected chi connectivity index (χ0v) is 28.5. The molecule has 0 aromatic carbocycles. The molecule has 0 radical (unpaired) electrons. The molecule has 262 valence electrons. The van der Waals surface area contributed by atoms with Crippen LogP contribution in [-0.2, 0) is 38.1 Å². The van der Waals surface area contributed by atoms with E-state index in [0.717, 1.165) is 18.5 Å². The quantitative estimate of drug-likeness (QED) is 0.0943. The van der Waals surface area contributed by atoms with Gasteiger partial charge in [-0.05, 0) is 51.7 Å². The van der Waals surface area contributed by atoms with E-state index < -0.39 is 41.5 Å². The third-order valence-electron chi connectivity index (χ3n) is 9.05. The standard InChI is InChI=1S/C33H53NO9.CH2O2/c1-9-25(39-8)22(4)29-30(43-29)31-33(7,40-18-17-34-31)15-10-11-20(2)28-21(3)12-13-26(41-23(5)35)32(6,38)16-14-24(36)19-27(37)42-28;2-1-3/h10-13,15,21-22,24-26,28-31,34,36,38H,9,14,16-19H2,1-8H3;1H,(H,2,3)/b13-12+,15-10+,20-11+;/t21-,22+,24+,25-,26-,28+,29+,30-,31?,32+,33?;/m0./s1. The molecule has 3 aliphatic rings. The van der Waals surface area contributed by atoms with Crippen molar-refractivity contribution in [3.05, 3.63) is 36.0 Å². The molecule has 46 heavy (non-hydrogen) atoms. The molecule has 0 saturated carbocycles. The van der Waals surface area contributed by atoms with Gasteiger partial charge in [-0.15, -0.1) is 0 Å². The van der Waals surface area contributed by atoms with E-state index in [-0.39, 0.29) is 61.9 Å². The summed E-state index contributed by atoms with van der Waals surface area (Å²) in [6, 6.07) is -0.0402. The van der Waals surface area contributed by atoms with Crippen LogP contribution in [0.3, 0.4) is 0 Å². The number of aliphatic hydroxyl groups is 2. The zero-order valence-electron chi connectivity index (χ0n) is 28.5. The monoisotopic (exact) mass is 653 g/mol. The number of epoxide rings is 1. The van der Waals surface area contributed by atoms with Crippen molar-refractivity contribution in [3.63, 3.8) is 0 Å². The third kappa shape index (κ3) is 11.3. The van der Waals surface area contributed by atoms with Crippen LogP contribution in [0.1, 0.15) is 74.1 Å². The van der Waals surface area contributed by atoms with Crippen molar-refractivity contribution in [2.24, 2.45) is 11.8 Å². The Morgan fingerprint density at radius 1 is 1.26 bits per heavy atom. The Labute approximate surface area is 273 Å². The highest BCUT2D eigenvalue weighted by Gasteiger charge is 2.55. The molecule has 11 atom stereocenters. The maximum Gasteiger partial charge on any atom is 0.309 e. The number of ether oxygens (including phenoxy) is 5.